The summed E-state index contributed by atoms with van der Waals surface area (Å²) in [5.41, 5.74) is 1.23. The normalized spacial score (nSPS) is 15.2. The maximum absolute atomic E-state index is 11.8. The number of nitrogens with one attached hydrogen (secondary N) is 2. The number of carbonyl (C=O) groups is 1. The van der Waals surface area contributed by atoms with Crippen LogP contribution in [0.4, 0.5) is 0 Å². The van der Waals surface area contributed by atoms with Crippen LogP contribution < -0.4 is 10.6 Å². The van der Waals surface area contributed by atoms with Crippen LogP contribution in [0.25, 0.3) is 0 Å². The summed E-state index contributed by atoms with van der Waals surface area (Å²) in [6, 6.07) is 7.90. The van der Waals surface area contributed by atoms with Gasteiger partial charge in [0.25, 0.3) is 0 Å². The van der Waals surface area contributed by atoms with Crippen molar-refractivity contribution in [3.8, 4) is 0 Å². The fourth-order valence-electron chi connectivity index (χ4n) is 2.21. The summed E-state index contributed by atoms with van der Waals surface area (Å²) < 4.78 is 0. The average Bonchev–Trinajstić information content (AvgIpc) is 2.23. The van der Waals surface area contributed by atoms with E-state index in [4.69, 9.17) is 11.6 Å². The van der Waals surface area contributed by atoms with Crippen LogP contribution in [-0.2, 0) is 11.2 Å². The lowest BCUT2D eigenvalue weighted by Gasteiger charge is -2.29. The van der Waals surface area contributed by atoms with Crippen LogP contribution in [0, 0.1) is 11.3 Å². The first-order chi connectivity index (χ1) is 8.96. The van der Waals surface area contributed by atoms with E-state index in [0.29, 0.717) is 6.54 Å². The van der Waals surface area contributed by atoms with E-state index in [0.717, 1.165) is 24.5 Å². The van der Waals surface area contributed by atoms with Crippen LogP contribution in [-0.4, -0.2) is 25.5 Å². The van der Waals surface area contributed by atoms with E-state index in [-0.39, 0.29) is 29.6 Å². The van der Waals surface area contributed by atoms with Crippen LogP contribution in [0.15, 0.2) is 24.3 Å². The van der Waals surface area contributed by atoms with Crippen molar-refractivity contribution in [3.05, 3.63) is 34.9 Å². The monoisotopic (exact) mass is 316 g/mol. The topological polar surface area (TPSA) is 41.1 Å². The van der Waals surface area contributed by atoms with Gasteiger partial charge in [-0.25, -0.2) is 0 Å². The Bertz CT molecular complexity index is 459. The quantitative estimate of drug-likeness (QED) is 0.877. The first kappa shape index (κ1) is 17.3. The molecule has 0 aromatic heterocycles. The second-order valence-electron chi connectivity index (χ2n) is 6.04. The van der Waals surface area contributed by atoms with Gasteiger partial charge in [-0.2, -0.15) is 0 Å². The van der Waals surface area contributed by atoms with E-state index < -0.39 is 0 Å². The summed E-state index contributed by atoms with van der Waals surface area (Å²) in [4.78, 5) is 11.8. The third kappa shape index (κ3) is 4.97. The number of hydrogen-bond donors (Lipinski definition) is 2. The van der Waals surface area contributed by atoms with Crippen LogP contribution in [0.2, 0.25) is 5.02 Å². The van der Waals surface area contributed by atoms with Gasteiger partial charge < -0.3 is 10.6 Å². The van der Waals surface area contributed by atoms with Gasteiger partial charge in [0.05, 0.1) is 5.92 Å². The Kier molecular flexibility index (Phi) is 6.31. The van der Waals surface area contributed by atoms with Crippen molar-refractivity contribution in [1.82, 2.24) is 10.6 Å². The van der Waals surface area contributed by atoms with Crippen molar-refractivity contribution >= 4 is 29.9 Å². The zero-order valence-corrected chi connectivity index (χ0v) is 13.5. The fraction of sp³-hybridized carbons (Fsp3) is 0.533. The molecule has 1 aliphatic rings. The average molecular weight is 317 g/mol. The highest BCUT2D eigenvalue weighted by molar-refractivity contribution is 6.30. The summed E-state index contributed by atoms with van der Waals surface area (Å²) in [6.07, 6.45) is 0.900. The summed E-state index contributed by atoms with van der Waals surface area (Å²) in [5.74, 6) is 0.319. The summed E-state index contributed by atoms with van der Waals surface area (Å²) in [7, 11) is 0. The minimum Gasteiger partial charge on any atom is -0.355 e. The molecule has 0 saturated carbocycles. The Balaban J connectivity index is 0.00000200. The molecule has 5 heteroatoms. The number of benzene rings is 1. The third-order valence-corrected chi connectivity index (χ3v) is 3.70. The summed E-state index contributed by atoms with van der Waals surface area (Å²) >= 11 is 5.99. The molecule has 0 radical (unpaired) electrons. The lowest BCUT2D eigenvalue weighted by Crippen LogP contribution is -2.52. The maximum atomic E-state index is 11.8. The maximum Gasteiger partial charge on any atom is 0.225 e. The standard InChI is InChI=1S/C15H21ClN2O.ClH/c1-15(2,7-11-4-3-5-13(16)6-11)10-18-14(19)12-8-17-9-12;/h3-6,12,17H,7-10H2,1-2H3,(H,18,19);1H. The molecule has 0 spiro atoms. The van der Waals surface area contributed by atoms with Crippen molar-refractivity contribution < 1.29 is 4.79 Å². The van der Waals surface area contributed by atoms with E-state index >= 15 is 0 Å². The lowest BCUT2D eigenvalue weighted by atomic mass is 9.85. The lowest BCUT2D eigenvalue weighted by molar-refractivity contribution is -0.126. The second-order valence-corrected chi connectivity index (χ2v) is 6.48. The molecule has 3 nitrogen and oxygen atoms in total. The molecular formula is C15H22Cl2N2O. The molecule has 0 bridgehead atoms. The highest BCUT2D eigenvalue weighted by atomic mass is 35.5. The molecule has 112 valence electrons. The number of amides is 1. The molecule has 0 aliphatic carbocycles. The van der Waals surface area contributed by atoms with E-state index in [1.54, 1.807) is 0 Å². The number of carbonyl (C=O) groups excluding carboxylic acids is 1. The Morgan fingerprint density at radius 3 is 2.70 bits per heavy atom. The highest BCUT2D eigenvalue weighted by Crippen LogP contribution is 2.23. The predicted octanol–water partition coefficient (Wildman–Crippen LogP) is 2.67. The molecule has 2 rings (SSSR count). The van der Waals surface area contributed by atoms with Crippen molar-refractivity contribution in [2.45, 2.75) is 20.3 Å². The summed E-state index contributed by atoms with van der Waals surface area (Å²) in [5, 5.41) is 6.92. The van der Waals surface area contributed by atoms with Gasteiger partial charge in [0.1, 0.15) is 0 Å². The minimum absolute atomic E-state index is 0. The molecule has 0 unspecified atom stereocenters. The SMILES string of the molecule is CC(C)(CNC(=O)C1CNC1)Cc1cccc(Cl)c1.Cl. The molecule has 2 N–H and O–H groups in total. The van der Waals surface area contributed by atoms with Crippen LogP contribution in [0.1, 0.15) is 19.4 Å². The molecule has 1 aromatic rings. The Morgan fingerprint density at radius 2 is 2.15 bits per heavy atom. The van der Waals surface area contributed by atoms with Gasteiger partial charge in [0.15, 0.2) is 0 Å². The van der Waals surface area contributed by atoms with Gasteiger partial charge in [-0.1, -0.05) is 37.6 Å². The molecular weight excluding hydrogens is 295 g/mol. The zero-order valence-electron chi connectivity index (χ0n) is 11.9. The molecule has 1 aliphatic heterocycles. The third-order valence-electron chi connectivity index (χ3n) is 3.47. The number of halogens is 2. The molecule has 1 fully saturated rings. The van der Waals surface area contributed by atoms with E-state index in [9.17, 15) is 4.79 Å². The fourth-order valence-corrected chi connectivity index (χ4v) is 2.42. The molecule has 1 saturated heterocycles. The van der Waals surface area contributed by atoms with Crippen LogP contribution in [0.3, 0.4) is 0 Å². The van der Waals surface area contributed by atoms with Crippen molar-refractivity contribution in [1.29, 1.82) is 0 Å². The van der Waals surface area contributed by atoms with Gasteiger partial charge in [-0.05, 0) is 29.5 Å². The van der Waals surface area contributed by atoms with Gasteiger partial charge in [-0.3, -0.25) is 4.79 Å². The van der Waals surface area contributed by atoms with E-state index in [1.165, 1.54) is 5.56 Å². The Labute approximate surface area is 131 Å². The van der Waals surface area contributed by atoms with E-state index in [2.05, 4.69) is 30.5 Å². The largest absolute Gasteiger partial charge is 0.355 e. The van der Waals surface area contributed by atoms with Crippen molar-refractivity contribution in [2.24, 2.45) is 11.3 Å². The van der Waals surface area contributed by atoms with Crippen LogP contribution in [0.5, 0.6) is 0 Å². The first-order valence-corrected chi connectivity index (χ1v) is 7.07. The van der Waals surface area contributed by atoms with Gasteiger partial charge in [-0.15, -0.1) is 12.4 Å². The predicted molar refractivity (Wildman–Crippen MR) is 85.6 cm³/mol. The number of rotatable bonds is 5. The smallest absolute Gasteiger partial charge is 0.225 e. The van der Waals surface area contributed by atoms with Gasteiger partial charge >= 0.3 is 0 Å². The number of hydrogen-bond acceptors (Lipinski definition) is 2. The molecule has 20 heavy (non-hydrogen) atoms. The van der Waals surface area contributed by atoms with Gasteiger partial charge in [0, 0.05) is 24.7 Å². The van der Waals surface area contributed by atoms with Crippen molar-refractivity contribution in [3.63, 3.8) is 0 Å². The molecule has 0 atom stereocenters. The molecule has 1 heterocycles. The molecule has 1 amide bonds. The zero-order chi connectivity index (χ0) is 13.9. The van der Waals surface area contributed by atoms with E-state index in [1.807, 2.05) is 18.2 Å². The van der Waals surface area contributed by atoms with Gasteiger partial charge in [0.2, 0.25) is 5.91 Å². The minimum atomic E-state index is 0. The molecule has 1 aromatic carbocycles. The Hall–Kier alpha value is -0.770. The Morgan fingerprint density at radius 1 is 1.45 bits per heavy atom. The summed E-state index contributed by atoms with van der Waals surface area (Å²) in [6.45, 7) is 6.62. The second kappa shape index (κ2) is 7.30. The van der Waals surface area contributed by atoms with Crippen LogP contribution >= 0.6 is 24.0 Å². The first-order valence-electron chi connectivity index (χ1n) is 6.69. The van der Waals surface area contributed by atoms with Crippen molar-refractivity contribution in [2.75, 3.05) is 19.6 Å². The highest BCUT2D eigenvalue weighted by Gasteiger charge is 2.26.